The predicted molar refractivity (Wildman–Crippen MR) is 79.8 cm³/mol. The number of halogens is 2. The van der Waals surface area contributed by atoms with Crippen LogP contribution in [0.25, 0.3) is 0 Å². The van der Waals surface area contributed by atoms with Crippen molar-refractivity contribution in [2.45, 2.75) is 37.5 Å². The van der Waals surface area contributed by atoms with Crippen LogP contribution in [0.3, 0.4) is 0 Å². The highest BCUT2D eigenvalue weighted by Crippen LogP contribution is 2.51. The van der Waals surface area contributed by atoms with Gasteiger partial charge in [0.25, 0.3) is 0 Å². The molecule has 0 radical (unpaired) electrons. The highest BCUT2D eigenvalue weighted by molar-refractivity contribution is 5.96. The Morgan fingerprint density at radius 2 is 2.05 bits per heavy atom. The number of hydrogen-bond acceptors (Lipinski definition) is 2. The lowest BCUT2D eigenvalue weighted by atomic mass is 9.80. The summed E-state index contributed by atoms with van der Waals surface area (Å²) in [6.45, 7) is 0.967. The Bertz CT molecular complexity index is 515. The van der Waals surface area contributed by atoms with Gasteiger partial charge in [-0.3, -0.25) is 4.79 Å². The van der Waals surface area contributed by atoms with E-state index < -0.39 is 0 Å². The van der Waals surface area contributed by atoms with Gasteiger partial charge < -0.3 is 10.6 Å². The molecule has 1 fully saturated rings. The quantitative estimate of drug-likeness (QED) is 0.912. The number of hydrogen-bond donors (Lipinski definition) is 1. The van der Waals surface area contributed by atoms with Crippen LogP contribution < -0.4 is 10.6 Å². The number of rotatable bonds is 2. The van der Waals surface area contributed by atoms with Crippen molar-refractivity contribution in [2.75, 3.05) is 18.0 Å². The van der Waals surface area contributed by atoms with E-state index in [4.69, 9.17) is 5.73 Å². The van der Waals surface area contributed by atoms with E-state index in [-0.39, 0.29) is 29.5 Å². The van der Waals surface area contributed by atoms with Gasteiger partial charge in [0.2, 0.25) is 5.91 Å². The number of carbonyl (C=O) groups excluding carboxylic acids is 1. The van der Waals surface area contributed by atoms with Crippen LogP contribution in [0.2, 0.25) is 0 Å². The molecular formula is C15H20ClFN2O. The zero-order valence-corrected chi connectivity index (χ0v) is 12.2. The molecule has 1 spiro atoms. The summed E-state index contributed by atoms with van der Waals surface area (Å²) < 4.78 is 14.2. The molecule has 0 bridgehead atoms. The van der Waals surface area contributed by atoms with E-state index in [1.165, 1.54) is 6.07 Å². The number of amides is 1. The molecule has 0 unspecified atom stereocenters. The van der Waals surface area contributed by atoms with Gasteiger partial charge in [0.05, 0.1) is 5.69 Å². The largest absolute Gasteiger partial charge is 0.330 e. The molecule has 1 aromatic carbocycles. The molecule has 1 aliphatic carbocycles. The maximum atomic E-state index is 14.2. The smallest absolute Gasteiger partial charge is 0.228 e. The highest BCUT2D eigenvalue weighted by atomic mass is 35.5. The lowest BCUT2D eigenvalue weighted by Gasteiger charge is -2.24. The van der Waals surface area contributed by atoms with Gasteiger partial charge in [-0.15, -0.1) is 12.4 Å². The standard InChI is InChI=1S/C15H19FN2O.ClH/c16-11-4-3-5-12-14(11)15(7-1-2-8-15)10-18(12)13(19)6-9-17;/h3-5H,1-2,6-10,17H2;1H. The number of fused-ring (bicyclic) bond motifs is 2. The van der Waals surface area contributed by atoms with Crippen molar-refractivity contribution in [3.63, 3.8) is 0 Å². The summed E-state index contributed by atoms with van der Waals surface area (Å²) in [4.78, 5) is 13.9. The van der Waals surface area contributed by atoms with Crippen LogP contribution in [0.5, 0.6) is 0 Å². The van der Waals surface area contributed by atoms with Crippen LogP contribution in [0, 0.1) is 5.82 Å². The van der Waals surface area contributed by atoms with Crippen molar-refractivity contribution in [3.05, 3.63) is 29.6 Å². The normalized spacial score (nSPS) is 19.0. The molecule has 110 valence electrons. The van der Waals surface area contributed by atoms with E-state index in [1.54, 1.807) is 11.0 Å². The van der Waals surface area contributed by atoms with Gasteiger partial charge >= 0.3 is 0 Å². The number of nitrogens with zero attached hydrogens (tertiary/aromatic N) is 1. The molecule has 2 N–H and O–H groups in total. The van der Waals surface area contributed by atoms with E-state index in [2.05, 4.69) is 0 Å². The Balaban J connectivity index is 0.00000147. The lowest BCUT2D eigenvalue weighted by Crippen LogP contribution is -2.36. The van der Waals surface area contributed by atoms with Crippen molar-refractivity contribution >= 4 is 24.0 Å². The van der Waals surface area contributed by atoms with Crippen LogP contribution in [0.4, 0.5) is 10.1 Å². The Labute approximate surface area is 124 Å². The maximum absolute atomic E-state index is 14.2. The molecule has 0 aromatic heterocycles. The van der Waals surface area contributed by atoms with Gasteiger partial charge in [0, 0.05) is 30.5 Å². The second-order valence-corrected chi connectivity index (χ2v) is 5.64. The number of benzene rings is 1. The first-order valence-electron chi connectivity index (χ1n) is 6.97. The van der Waals surface area contributed by atoms with Crippen molar-refractivity contribution in [1.29, 1.82) is 0 Å². The van der Waals surface area contributed by atoms with Gasteiger partial charge in [-0.2, -0.15) is 0 Å². The third-order valence-corrected chi connectivity index (χ3v) is 4.49. The van der Waals surface area contributed by atoms with Crippen molar-refractivity contribution in [3.8, 4) is 0 Å². The average molecular weight is 299 g/mol. The van der Waals surface area contributed by atoms with E-state index in [9.17, 15) is 9.18 Å². The second-order valence-electron chi connectivity index (χ2n) is 5.64. The third kappa shape index (κ3) is 2.21. The van der Waals surface area contributed by atoms with Crippen LogP contribution in [0.15, 0.2) is 18.2 Å². The lowest BCUT2D eigenvalue weighted by molar-refractivity contribution is -0.118. The molecule has 1 amide bonds. The Hall–Kier alpha value is -1.13. The average Bonchev–Trinajstić information content (AvgIpc) is 2.98. The van der Waals surface area contributed by atoms with Crippen LogP contribution in [-0.4, -0.2) is 19.0 Å². The van der Waals surface area contributed by atoms with Gasteiger partial charge in [0.15, 0.2) is 0 Å². The zero-order chi connectivity index (χ0) is 13.5. The molecule has 2 aliphatic rings. The van der Waals surface area contributed by atoms with E-state index in [0.29, 0.717) is 19.5 Å². The second kappa shape index (κ2) is 5.70. The first kappa shape index (κ1) is 15.3. The molecule has 1 saturated carbocycles. The molecule has 1 heterocycles. The summed E-state index contributed by atoms with van der Waals surface area (Å²) in [6.07, 6.45) is 4.52. The monoisotopic (exact) mass is 298 g/mol. The minimum Gasteiger partial charge on any atom is -0.330 e. The molecule has 1 aromatic rings. The summed E-state index contributed by atoms with van der Waals surface area (Å²) in [5.74, 6) is -0.152. The zero-order valence-electron chi connectivity index (χ0n) is 11.4. The summed E-state index contributed by atoms with van der Waals surface area (Å²) >= 11 is 0. The number of anilines is 1. The summed E-state index contributed by atoms with van der Waals surface area (Å²) in [6, 6.07) is 5.06. The Morgan fingerprint density at radius 3 is 2.70 bits per heavy atom. The fraction of sp³-hybridized carbons (Fsp3) is 0.533. The number of nitrogens with two attached hydrogens (primary N) is 1. The molecule has 0 atom stereocenters. The van der Waals surface area contributed by atoms with Gasteiger partial charge in [-0.1, -0.05) is 18.9 Å². The summed E-state index contributed by atoms with van der Waals surface area (Å²) in [5, 5.41) is 0. The fourth-order valence-corrected chi connectivity index (χ4v) is 3.67. The predicted octanol–water partition coefficient (Wildman–Crippen LogP) is 2.75. The molecule has 3 nitrogen and oxygen atoms in total. The minimum absolute atomic E-state index is 0. The van der Waals surface area contributed by atoms with Crippen molar-refractivity contribution < 1.29 is 9.18 Å². The summed E-state index contributed by atoms with van der Waals surface area (Å²) in [7, 11) is 0. The maximum Gasteiger partial charge on any atom is 0.228 e. The summed E-state index contributed by atoms with van der Waals surface area (Å²) in [5.41, 5.74) is 6.85. The molecule has 5 heteroatoms. The molecule has 20 heavy (non-hydrogen) atoms. The molecule has 1 aliphatic heterocycles. The van der Waals surface area contributed by atoms with E-state index >= 15 is 0 Å². The topological polar surface area (TPSA) is 46.3 Å². The van der Waals surface area contributed by atoms with E-state index in [1.807, 2.05) is 6.07 Å². The minimum atomic E-state index is -0.164. The fourth-order valence-electron chi connectivity index (χ4n) is 3.67. The molecule has 0 saturated heterocycles. The van der Waals surface area contributed by atoms with Gasteiger partial charge in [-0.25, -0.2) is 4.39 Å². The molecule has 3 rings (SSSR count). The Morgan fingerprint density at radius 1 is 1.35 bits per heavy atom. The van der Waals surface area contributed by atoms with Crippen molar-refractivity contribution in [2.24, 2.45) is 5.73 Å². The number of carbonyl (C=O) groups is 1. The highest BCUT2D eigenvalue weighted by Gasteiger charge is 2.47. The first-order chi connectivity index (χ1) is 9.18. The van der Waals surface area contributed by atoms with Gasteiger partial charge in [0.1, 0.15) is 5.82 Å². The van der Waals surface area contributed by atoms with Crippen LogP contribution >= 0.6 is 12.4 Å². The van der Waals surface area contributed by atoms with Crippen LogP contribution in [0.1, 0.15) is 37.7 Å². The SMILES string of the molecule is Cl.NCCC(=O)N1CC2(CCCC2)c2c(F)cccc21. The van der Waals surface area contributed by atoms with Crippen LogP contribution in [-0.2, 0) is 10.2 Å². The third-order valence-electron chi connectivity index (χ3n) is 4.49. The molecular weight excluding hydrogens is 279 g/mol. The van der Waals surface area contributed by atoms with Crippen molar-refractivity contribution in [1.82, 2.24) is 0 Å². The van der Waals surface area contributed by atoms with Gasteiger partial charge in [-0.05, 0) is 25.0 Å². The van der Waals surface area contributed by atoms with E-state index in [0.717, 1.165) is 36.9 Å². The Kier molecular flexibility index (Phi) is 4.35. The first-order valence-corrected chi connectivity index (χ1v) is 6.97.